The van der Waals surface area contributed by atoms with Crippen LogP contribution in [0.1, 0.15) is 27.6 Å². The molecule has 4 aromatic rings. The summed E-state index contributed by atoms with van der Waals surface area (Å²) in [5, 5.41) is 24.3. The first-order valence-electron chi connectivity index (χ1n) is 13.1. The number of H-pyrrole nitrogens is 1. The number of aromatic amines is 1. The summed E-state index contributed by atoms with van der Waals surface area (Å²) in [5.74, 6) is -1.45. The predicted octanol–water partition coefficient (Wildman–Crippen LogP) is 2.05. The highest BCUT2D eigenvalue weighted by Crippen LogP contribution is 2.27. The lowest BCUT2D eigenvalue weighted by Crippen LogP contribution is -2.56. The number of benzene rings is 3. The van der Waals surface area contributed by atoms with Gasteiger partial charge in [-0.1, -0.05) is 42.5 Å². The summed E-state index contributed by atoms with van der Waals surface area (Å²) in [6.07, 6.45) is 1.45. The molecule has 1 aliphatic rings. The van der Waals surface area contributed by atoms with Crippen molar-refractivity contribution >= 4 is 58.5 Å². The van der Waals surface area contributed by atoms with E-state index >= 15 is 0 Å². The van der Waals surface area contributed by atoms with E-state index in [4.69, 9.17) is 0 Å². The molecule has 1 saturated heterocycles. The largest absolute Gasteiger partial charge is 0.488 e. The van der Waals surface area contributed by atoms with E-state index < -0.39 is 24.8 Å². The summed E-state index contributed by atoms with van der Waals surface area (Å²) < 4.78 is 0. The highest BCUT2D eigenvalue weighted by molar-refractivity contribution is 6.58. The van der Waals surface area contributed by atoms with Gasteiger partial charge in [0.25, 0.3) is 17.6 Å². The molecule has 0 unspecified atom stereocenters. The van der Waals surface area contributed by atoms with Gasteiger partial charge in [0, 0.05) is 48.5 Å². The molecule has 1 fully saturated rings. The third kappa shape index (κ3) is 5.83. The number of rotatable bonds is 6. The fourth-order valence-electron chi connectivity index (χ4n) is 4.92. The molecule has 1 aromatic heterocycles. The first-order valence-corrected chi connectivity index (χ1v) is 13.1. The van der Waals surface area contributed by atoms with Crippen molar-refractivity contribution in [2.24, 2.45) is 0 Å². The molecule has 0 spiro atoms. The molecule has 5 N–H and O–H groups in total. The van der Waals surface area contributed by atoms with Gasteiger partial charge < -0.3 is 35.5 Å². The average molecular weight is 553 g/mol. The number of nitrogens with zero attached hydrogens (tertiary/aromatic N) is 2. The second kappa shape index (κ2) is 11.7. The number of fused-ring (bicyclic) bond motifs is 1. The van der Waals surface area contributed by atoms with Gasteiger partial charge in [0.15, 0.2) is 0 Å². The number of hydrogen-bond donors (Lipinski definition) is 5. The molecule has 12 heteroatoms. The zero-order chi connectivity index (χ0) is 29.1. The molecule has 0 aliphatic carbocycles. The van der Waals surface area contributed by atoms with Crippen LogP contribution in [0.3, 0.4) is 0 Å². The van der Waals surface area contributed by atoms with Gasteiger partial charge in [-0.3, -0.25) is 14.4 Å². The van der Waals surface area contributed by atoms with E-state index in [9.17, 15) is 29.2 Å². The van der Waals surface area contributed by atoms with Gasteiger partial charge in [-0.25, -0.2) is 4.79 Å². The summed E-state index contributed by atoms with van der Waals surface area (Å²) in [7, 11) is -1.61. The Morgan fingerprint density at radius 2 is 1.63 bits per heavy atom. The van der Waals surface area contributed by atoms with Crippen molar-refractivity contribution in [3.63, 3.8) is 0 Å². The number of piperazine rings is 1. The molecule has 4 amide bonds. The van der Waals surface area contributed by atoms with E-state index in [1.165, 1.54) is 35.4 Å². The minimum absolute atomic E-state index is 0.113. The van der Waals surface area contributed by atoms with E-state index in [1.54, 1.807) is 47.4 Å². The Labute approximate surface area is 235 Å². The maximum Gasteiger partial charge on any atom is 0.488 e. The third-order valence-electron chi connectivity index (χ3n) is 7.07. The van der Waals surface area contributed by atoms with Gasteiger partial charge in [0.1, 0.15) is 0 Å². The van der Waals surface area contributed by atoms with Crippen molar-refractivity contribution in [1.29, 1.82) is 0 Å². The number of para-hydroxylation sites is 1. The summed E-state index contributed by atoms with van der Waals surface area (Å²) in [6.45, 7) is 2.67. The molecule has 41 heavy (non-hydrogen) atoms. The Balaban J connectivity index is 1.26. The van der Waals surface area contributed by atoms with Gasteiger partial charge in [-0.05, 0) is 42.7 Å². The molecule has 0 radical (unpaired) electrons. The second-order valence-electron chi connectivity index (χ2n) is 9.80. The molecule has 5 rings (SSSR count). The van der Waals surface area contributed by atoms with E-state index in [0.717, 1.165) is 0 Å². The Morgan fingerprint density at radius 3 is 2.32 bits per heavy atom. The van der Waals surface area contributed by atoms with E-state index in [0.29, 0.717) is 40.9 Å². The van der Waals surface area contributed by atoms with E-state index in [-0.39, 0.29) is 29.5 Å². The first kappa shape index (κ1) is 27.6. The Bertz CT molecular complexity index is 1610. The van der Waals surface area contributed by atoms with Crippen molar-refractivity contribution < 1.29 is 29.2 Å². The van der Waals surface area contributed by atoms with Crippen LogP contribution in [0.5, 0.6) is 0 Å². The minimum atomic E-state index is -1.61. The maximum atomic E-state index is 13.3. The normalized spacial score (nSPS) is 15.0. The van der Waals surface area contributed by atoms with Gasteiger partial charge >= 0.3 is 13.1 Å². The quantitative estimate of drug-likeness (QED) is 0.140. The zero-order valence-electron chi connectivity index (χ0n) is 22.2. The van der Waals surface area contributed by atoms with Gasteiger partial charge in [0.2, 0.25) is 0 Å². The lowest BCUT2D eigenvalue weighted by atomic mass is 9.80. The summed E-state index contributed by atoms with van der Waals surface area (Å²) in [6, 6.07) is 19.1. The fourth-order valence-corrected chi connectivity index (χ4v) is 4.92. The van der Waals surface area contributed by atoms with Gasteiger partial charge in [-0.15, -0.1) is 0 Å². The zero-order valence-corrected chi connectivity index (χ0v) is 22.2. The van der Waals surface area contributed by atoms with Crippen LogP contribution in [-0.2, 0) is 4.79 Å². The highest BCUT2D eigenvalue weighted by Gasteiger charge is 2.34. The van der Waals surface area contributed by atoms with E-state index in [1.807, 2.05) is 13.0 Å². The predicted molar refractivity (Wildman–Crippen MR) is 155 cm³/mol. The third-order valence-corrected chi connectivity index (χ3v) is 7.07. The van der Waals surface area contributed by atoms with Crippen LogP contribution >= 0.6 is 0 Å². The molecule has 1 aliphatic heterocycles. The maximum absolute atomic E-state index is 13.3. The van der Waals surface area contributed by atoms with Crippen LogP contribution in [-0.4, -0.2) is 81.3 Å². The van der Waals surface area contributed by atoms with Crippen LogP contribution < -0.4 is 16.1 Å². The van der Waals surface area contributed by atoms with Crippen molar-refractivity contribution in [2.45, 2.75) is 13.0 Å². The first-order chi connectivity index (χ1) is 19.7. The minimum Gasteiger partial charge on any atom is -0.423 e. The summed E-state index contributed by atoms with van der Waals surface area (Å²) in [5.41, 5.74) is 2.36. The number of ketones is 1. The molecule has 0 bridgehead atoms. The van der Waals surface area contributed by atoms with Crippen LogP contribution in [0.2, 0.25) is 0 Å². The second-order valence-corrected chi connectivity index (χ2v) is 9.80. The Kier molecular flexibility index (Phi) is 7.86. The molecular weight excluding hydrogens is 525 g/mol. The monoisotopic (exact) mass is 553 g/mol. The van der Waals surface area contributed by atoms with Crippen LogP contribution in [0, 0.1) is 0 Å². The number of amides is 4. The molecular formula is C29H28BN5O6. The average Bonchev–Trinajstić information content (AvgIpc) is 3.42. The Hall–Kier alpha value is -4.94. The van der Waals surface area contributed by atoms with Crippen molar-refractivity contribution in [1.82, 2.24) is 14.8 Å². The highest BCUT2D eigenvalue weighted by atomic mass is 16.4. The lowest BCUT2D eigenvalue weighted by molar-refractivity contribution is -0.130. The van der Waals surface area contributed by atoms with Crippen LogP contribution in [0.15, 0.2) is 79.0 Å². The number of urea groups is 1. The molecule has 2 heterocycles. The number of nitrogens with one attached hydrogen (secondary N) is 3. The topological polar surface area (TPSA) is 155 Å². The number of hydrogen-bond acceptors (Lipinski definition) is 6. The standard InChI is InChI=1S/C29H28BN5O6/c1-18-17-34(27(37)19-6-3-2-4-7-19)14-15-35(18)28(38)26(36)23-16-31-25-22(23)8-5-9-24(25)33-29(39)32-21-12-10-20(11-13-21)30(40)41/h2-13,16,18,31,40-41H,14-15,17H2,1H3,(H2,32,33,39)/t18-/m1/s1. The smallest absolute Gasteiger partial charge is 0.423 e. The van der Waals surface area contributed by atoms with Crippen LogP contribution in [0.4, 0.5) is 16.2 Å². The molecule has 1 atom stereocenters. The number of anilines is 2. The molecule has 3 aromatic carbocycles. The lowest BCUT2D eigenvalue weighted by Gasteiger charge is -2.39. The van der Waals surface area contributed by atoms with E-state index in [2.05, 4.69) is 15.6 Å². The van der Waals surface area contributed by atoms with Crippen molar-refractivity contribution in [3.05, 3.63) is 90.1 Å². The van der Waals surface area contributed by atoms with Gasteiger partial charge in [-0.2, -0.15) is 0 Å². The number of carbonyl (C=O) groups excluding carboxylic acids is 4. The molecule has 0 saturated carbocycles. The molecule has 208 valence electrons. The number of aromatic nitrogens is 1. The molecule has 11 nitrogen and oxygen atoms in total. The van der Waals surface area contributed by atoms with Crippen LogP contribution in [0.25, 0.3) is 10.9 Å². The summed E-state index contributed by atoms with van der Waals surface area (Å²) >= 11 is 0. The number of Topliss-reactive ketones (excluding diaryl/α,β-unsaturated/α-hetero) is 1. The van der Waals surface area contributed by atoms with Crippen molar-refractivity contribution in [2.75, 3.05) is 30.3 Å². The number of carbonyl (C=O) groups is 4. The Morgan fingerprint density at radius 1 is 0.902 bits per heavy atom. The van der Waals surface area contributed by atoms with Crippen molar-refractivity contribution in [3.8, 4) is 0 Å². The van der Waals surface area contributed by atoms with Gasteiger partial charge in [0.05, 0.1) is 16.8 Å². The summed E-state index contributed by atoms with van der Waals surface area (Å²) in [4.78, 5) is 58.2. The SMILES string of the molecule is C[C@@H]1CN(C(=O)c2ccccc2)CCN1C(=O)C(=O)c1c[nH]c2c(NC(=O)Nc3ccc(B(O)O)cc3)cccc12. The fraction of sp³-hybridized carbons (Fsp3) is 0.172.